The van der Waals surface area contributed by atoms with E-state index in [4.69, 9.17) is 0 Å². The lowest BCUT2D eigenvalue weighted by Crippen LogP contribution is -2.23. The minimum absolute atomic E-state index is 0.0475. The molecule has 2 rings (SSSR count). The molecule has 0 aliphatic carbocycles. The van der Waals surface area contributed by atoms with Gasteiger partial charge >= 0.3 is 0 Å². The van der Waals surface area contributed by atoms with Gasteiger partial charge in [0, 0.05) is 28.4 Å². The number of hydrogen-bond acceptors (Lipinski definition) is 2. The standard InChI is InChI=1S/C14H16IN3O/c1-3-18-9-11(10(2)17-18)8-16-14(19)12-6-4-5-7-13(12)15/h4-7,9H,3,8H2,1-2H3,(H,16,19). The van der Waals surface area contributed by atoms with Crippen molar-refractivity contribution in [1.29, 1.82) is 0 Å². The minimum Gasteiger partial charge on any atom is -0.348 e. The third kappa shape index (κ3) is 3.34. The number of aromatic nitrogens is 2. The van der Waals surface area contributed by atoms with Crippen molar-refractivity contribution in [3.63, 3.8) is 0 Å². The normalized spacial score (nSPS) is 10.5. The Bertz CT molecular complexity index is 592. The SMILES string of the molecule is CCn1cc(CNC(=O)c2ccccc2I)c(C)n1. The fraction of sp³-hybridized carbons (Fsp3) is 0.286. The molecule has 0 saturated heterocycles. The highest BCUT2D eigenvalue weighted by molar-refractivity contribution is 14.1. The van der Waals surface area contributed by atoms with Crippen molar-refractivity contribution < 1.29 is 4.79 Å². The molecule has 5 heteroatoms. The molecule has 4 nitrogen and oxygen atoms in total. The van der Waals surface area contributed by atoms with Crippen LogP contribution in [0.1, 0.15) is 28.5 Å². The van der Waals surface area contributed by atoms with Gasteiger partial charge in [0.15, 0.2) is 0 Å². The van der Waals surface area contributed by atoms with Crippen molar-refractivity contribution >= 4 is 28.5 Å². The molecule has 1 aromatic carbocycles. The van der Waals surface area contributed by atoms with Crippen molar-refractivity contribution in [1.82, 2.24) is 15.1 Å². The first kappa shape index (κ1) is 14.0. The van der Waals surface area contributed by atoms with Crippen molar-refractivity contribution in [3.05, 3.63) is 50.9 Å². The number of benzene rings is 1. The molecule has 1 N–H and O–H groups in total. The molecule has 100 valence electrons. The van der Waals surface area contributed by atoms with Gasteiger partial charge in [-0.3, -0.25) is 9.48 Å². The van der Waals surface area contributed by atoms with Crippen LogP contribution in [-0.2, 0) is 13.1 Å². The molecule has 0 saturated carbocycles. The van der Waals surface area contributed by atoms with Crippen LogP contribution in [0.3, 0.4) is 0 Å². The van der Waals surface area contributed by atoms with Crippen molar-refractivity contribution in [3.8, 4) is 0 Å². The largest absolute Gasteiger partial charge is 0.348 e. The zero-order valence-corrected chi connectivity index (χ0v) is 13.1. The Morgan fingerprint density at radius 3 is 2.79 bits per heavy atom. The van der Waals surface area contributed by atoms with Gasteiger partial charge in [0.2, 0.25) is 0 Å². The maximum absolute atomic E-state index is 12.1. The lowest BCUT2D eigenvalue weighted by atomic mass is 10.2. The van der Waals surface area contributed by atoms with Crippen molar-refractivity contribution in [2.45, 2.75) is 26.9 Å². The van der Waals surface area contributed by atoms with E-state index in [1.807, 2.05) is 49.0 Å². The maximum Gasteiger partial charge on any atom is 0.252 e. The van der Waals surface area contributed by atoms with E-state index in [2.05, 4.69) is 33.0 Å². The van der Waals surface area contributed by atoms with Crippen LogP contribution in [0.5, 0.6) is 0 Å². The van der Waals surface area contributed by atoms with Gasteiger partial charge in [-0.25, -0.2) is 0 Å². The Balaban J connectivity index is 2.04. The summed E-state index contributed by atoms with van der Waals surface area (Å²) in [5.41, 5.74) is 2.73. The van der Waals surface area contributed by atoms with Gasteiger partial charge < -0.3 is 5.32 Å². The summed E-state index contributed by atoms with van der Waals surface area (Å²) in [6.07, 6.45) is 1.98. The van der Waals surface area contributed by atoms with Crippen LogP contribution in [0.4, 0.5) is 0 Å². The third-order valence-electron chi connectivity index (χ3n) is 2.93. The van der Waals surface area contributed by atoms with Crippen LogP contribution in [0.2, 0.25) is 0 Å². The fourth-order valence-corrected chi connectivity index (χ4v) is 2.44. The Morgan fingerprint density at radius 2 is 2.16 bits per heavy atom. The monoisotopic (exact) mass is 369 g/mol. The second-order valence-electron chi connectivity index (χ2n) is 4.26. The van der Waals surface area contributed by atoms with E-state index in [1.54, 1.807) is 0 Å². The van der Waals surface area contributed by atoms with E-state index in [-0.39, 0.29) is 5.91 Å². The van der Waals surface area contributed by atoms with Crippen LogP contribution in [-0.4, -0.2) is 15.7 Å². The molecule has 19 heavy (non-hydrogen) atoms. The van der Waals surface area contributed by atoms with E-state index >= 15 is 0 Å². The van der Waals surface area contributed by atoms with Crippen molar-refractivity contribution in [2.75, 3.05) is 0 Å². The second kappa shape index (κ2) is 6.18. The smallest absolute Gasteiger partial charge is 0.252 e. The summed E-state index contributed by atoms with van der Waals surface area (Å²) in [5, 5.41) is 7.30. The molecule has 0 radical (unpaired) electrons. The molecule has 0 atom stereocenters. The first-order valence-electron chi connectivity index (χ1n) is 6.17. The van der Waals surface area contributed by atoms with Crippen molar-refractivity contribution in [2.24, 2.45) is 0 Å². The van der Waals surface area contributed by atoms with Gasteiger partial charge in [-0.2, -0.15) is 5.10 Å². The van der Waals surface area contributed by atoms with Gasteiger partial charge in [-0.1, -0.05) is 12.1 Å². The summed E-state index contributed by atoms with van der Waals surface area (Å²) in [6, 6.07) is 7.56. The molecule has 0 fully saturated rings. The Labute approximate surface area is 126 Å². The van der Waals surface area contributed by atoms with Gasteiger partial charge in [0.1, 0.15) is 0 Å². The topological polar surface area (TPSA) is 46.9 Å². The van der Waals surface area contributed by atoms with Crippen LogP contribution >= 0.6 is 22.6 Å². The first-order chi connectivity index (χ1) is 9.11. The Hall–Kier alpha value is -1.37. The lowest BCUT2D eigenvalue weighted by Gasteiger charge is -2.06. The number of rotatable bonds is 4. The Kier molecular flexibility index (Phi) is 4.57. The highest BCUT2D eigenvalue weighted by Gasteiger charge is 2.10. The minimum atomic E-state index is -0.0475. The molecule has 1 aromatic heterocycles. The number of hydrogen-bond donors (Lipinski definition) is 1. The van der Waals surface area contributed by atoms with Gasteiger partial charge in [-0.15, -0.1) is 0 Å². The molecular weight excluding hydrogens is 353 g/mol. The summed E-state index contributed by atoms with van der Waals surface area (Å²) in [4.78, 5) is 12.1. The van der Waals surface area contributed by atoms with Gasteiger partial charge in [0.25, 0.3) is 5.91 Å². The molecule has 1 amide bonds. The Morgan fingerprint density at radius 1 is 1.42 bits per heavy atom. The lowest BCUT2D eigenvalue weighted by molar-refractivity contribution is 0.0950. The number of nitrogens with zero attached hydrogens (tertiary/aromatic N) is 2. The van der Waals surface area contributed by atoms with E-state index in [0.717, 1.165) is 21.4 Å². The van der Waals surface area contributed by atoms with Crippen LogP contribution in [0.25, 0.3) is 0 Å². The maximum atomic E-state index is 12.1. The number of carbonyl (C=O) groups is 1. The quantitative estimate of drug-likeness (QED) is 0.843. The molecule has 0 spiro atoms. The van der Waals surface area contributed by atoms with E-state index < -0.39 is 0 Å². The number of carbonyl (C=O) groups excluding carboxylic acids is 1. The zero-order chi connectivity index (χ0) is 13.8. The van der Waals surface area contributed by atoms with E-state index in [1.165, 1.54) is 0 Å². The molecule has 0 unspecified atom stereocenters. The molecule has 0 aliphatic heterocycles. The predicted molar refractivity (Wildman–Crippen MR) is 83.0 cm³/mol. The number of nitrogens with one attached hydrogen (secondary N) is 1. The zero-order valence-electron chi connectivity index (χ0n) is 11.0. The summed E-state index contributed by atoms with van der Waals surface area (Å²) in [5.74, 6) is -0.0475. The first-order valence-corrected chi connectivity index (χ1v) is 7.25. The average molecular weight is 369 g/mol. The van der Waals surface area contributed by atoms with Crippen LogP contribution in [0, 0.1) is 10.5 Å². The molecular formula is C14H16IN3O. The third-order valence-corrected chi connectivity index (χ3v) is 3.87. The van der Waals surface area contributed by atoms with Crippen LogP contribution < -0.4 is 5.32 Å². The summed E-state index contributed by atoms with van der Waals surface area (Å²) in [7, 11) is 0. The molecule has 1 heterocycles. The number of aryl methyl sites for hydroxylation is 2. The second-order valence-corrected chi connectivity index (χ2v) is 5.42. The average Bonchev–Trinajstić information content (AvgIpc) is 2.77. The summed E-state index contributed by atoms with van der Waals surface area (Å²) < 4.78 is 2.84. The fourth-order valence-electron chi connectivity index (χ4n) is 1.81. The van der Waals surface area contributed by atoms with Crippen LogP contribution in [0.15, 0.2) is 30.5 Å². The number of amides is 1. The van der Waals surface area contributed by atoms with E-state index in [0.29, 0.717) is 12.1 Å². The predicted octanol–water partition coefficient (Wildman–Crippen LogP) is 2.75. The number of halogens is 1. The summed E-state index contributed by atoms with van der Waals surface area (Å²) >= 11 is 2.17. The highest BCUT2D eigenvalue weighted by atomic mass is 127. The molecule has 0 aliphatic rings. The van der Waals surface area contributed by atoms with Gasteiger partial charge in [0.05, 0.1) is 11.3 Å². The van der Waals surface area contributed by atoms with Gasteiger partial charge in [-0.05, 0) is 48.6 Å². The molecule has 2 aromatic rings. The molecule has 0 bridgehead atoms. The highest BCUT2D eigenvalue weighted by Crippen LogP contribution is 2.12. The summed E-state index contributed by atoms with van der Waals surface area (Å²) in [6.45, 7) is 5.35. The van der Waals surface area contributed by atoms with E-state index in [9.17, 15) is 4.79 Å².